The van der Waals surface area contributed by atoms with E-state index in [1.165, 1.54) is 5.56 Å². The lowest BCUT2D eigenvalue weighted by Crippen LogP contribution is -2.22. The second-order valence-corrected chi connectivity index (χ2v) is 6.18. The summed E-state index contributed by atoms with van der Waals surface area (Å²) in [5, 5.41) is 4.42. The molecule has 0 unspecified atom stereocenters. The predicted octanol–water partition coefficient (Wildman–Crippen LogP) is 3.30. The molecule has 0 saturated heterocycles. The Hall–Kier alpha value is -0.990. The number of hydrogen-bond donors (Lipinski definition) is 1. The van der Waals surface area contributed by atoms with Gasteiger partial charge in [0.25, 0.3) is 0 Å². The van der Waals surface area contributed by atoms with Gasteiger partial charge in [-0.2, -0.15) is 5.10 Å². The maximum Gasteiger partial charge on any atom is 0.149 e. The van der Waals surface area contributed by atoms with Crippen molar-refractivity contribution in [2.75, 3.05) is 5.73 Å². The molecule has 0 spiro atoms. The van der Waals surface area contributed by atoms with Gasteiger partial charge in [0.2, 0.25) is 0 Å². The van der Waals surface area contributed by atoms with Gasteiger partial charge in [0.1, 0.15) is 5.82 Å². The maximum absolute atomic E-state index is 6.02. The molecule has 0 saturated carbocycles. The predicted molar refractivity (Wildman–Crippen MR) is 69.6 cm³/mol. The third kappa shape index (κ3) is 2.57. The zero-order valence-electron chi connectivity index (χ0n) is 11.5. The normalized spacial score (nSPS) is 13.1. The summed E-state index contributed by atoms with van der Waals surface area (Å²) in [6, 6.07) is 0. The molecule has 0 radical (unpaired) electrons. The van der Waals surface area contributed by atoms with Crippen LogP contribution in [-0.2, 0) is 11.0 Å². The fourth-order valence-electron chi connectivity index (χ4n) is 2.01. The number of anilines is 1. The molecule has 1 aromatic heterocycles. The number of aromatic nitrogens is 2. The Morgan fingerprint density at radius 2 is 1.81 bits per heavy atom. The number of nitrogens with zero attached hydrogens (tertiary/aromatic N) is 2. The summed E-state index contributed by atoms with van der Waals surface area (Å²) in [4.78, 5) is 0. The lowest BCUT2D eigenvalue weighted by atomic mass is 9.82. The van der Waals surface area contributed by atoms with Crippen molar-refractivity contribution < 1.29 is 0 Å². The fourth-order valence-corrected chi connectivity index (χ4v) is 2.01. The molecule has 16 heavy (non-hydrogen) atoms. The minimum Gasteiger partial charge on any atom is -0.382 e. The molecule has 0 fully saturated rings. The van der Waals surface area contributed by atoms with Gasteiger partial charge >= 0.3 is 0 Å². The lowest BCUT2D eigenvalue weighted by molar-refractivity contribution is 0.355. The van der Waals surface area contributed by atoms with E-state index < -0.39 is 0 Å². The van der Waals surface area contributed by atoms with Crippen LogP contribution in [0.15, 0.2) is 6.20 Å². The minimum atomic E-state index is -0.00529. The molecule has 0 bridgehead atoms. The Balaban J connectivity index is 3.12. The lowest BCUT2D eigenvalue weighted by Gasteiger charge is -2.23. The molecular formula is C13H25N3. The molecule has 1 rings (SSSR count). The Kier molecular flexibility index (Phi) is 3.36. The molecule has 0 aromatic carbocycles. The molecule has 0 amide bonds. The number of hydrogen-bond acceptors (Lipinski definition) is 2. The molecule has 92 valence electrons. The molecule has 0 atom stereocenters. The van der Waals surface area contributed by atoms with Gasteiger partial charge in [-0.1, -0.05) is 27.2 Å². The van der Waals surface area contributed by atoms with Crippen LogP contribution in [0.25, 0.3) is 0 Å². The third-order valence-corrected chi connectivity index (χ3v) is 3.03. The average molecular weight is 223 g/mol. The van der Waals surface area contributed by atoms with Gasteiger partial charge in [0.05, 0.1) is 5.54 Å². The van der Waals surface area contributed by atoms with Crippen LogP contribution < -0.4 is 5.73 Å². The van der Waals surface area contributed by atoms with Crippen LogP contribution in [0, 0.1) is 0 Å². The highest BCUT2D eigenvalue weighted by molar-refractivity contribution is 5.42. The first-order chi connectivity index (χ1) is 7.18. The highest BCUT2D eigenvalue weighted by Gasteiger charge is 2.26. The van der Waals surface area contributed by atoms with Gasteiger partial charge in [0, 0.05) is 11.8 Å². The van der Waals surface area contributed by atoms with E-state index in [1.807, 2.05) is 4.68 Å². The van der Waals surface area contributed by atoms with Crippen LogP contribution in [-0.4, -0.2) is 9.78 Å². The maximum atomic E-state index is 6.02. The Bertz CT molecular complexity index is 356. The largest absolute Gasteiger partial charge is 0.382 e. The first kappa shape index (κ1) is 13.1. The van der Waals surface area contributed by atoms with Crippen molar-refractivity contribution in [2.45, 2.75) is 65.3 Å². The zero-order chi connectivity index (χ0) is 12.6. The summed E-state index contributed by atoms with van der Waals surface area (Å²) < 4.78 is 1.97. The molecule has 3 heteroatoms. The Morgan fingerprint density at radius 1 is 1.25 bits per heavy atom. The van der Waals surface area contributed by atoms with Crippen LogP contribution in [0.1, 0.15) is 59.9 Å². The van der Waals surface area contributed by atoms with Crippen LogP contribution >= 0.6 is 0 Å². The molecule has 0 aliphatic rings. The van der Waals surface area contributed by atoms with Gasteiger partial charge in [0.15, 0.2) is 0 Å². The van der Waals surface area contributed by atoms with E-state index >= 15 is 0 Å². The number of nitrogens with two attached hydrogens (primary N) is 1. The van der Waals surface area contributed by atoms with Crippen molar-refractivity contribution in [2.24, 2.45) is 0 Å². The quantitative estimate of drug-likeness (QED) is 0.854. The molecule has 1 aromatic rings. The van der Waals surface area contributed by atoms with Gasteiger partial charge < -0.3 is 5.73 Å². The second kappa shape index (κ2) is 4.11. The summed E-state index contributed by atoms with van der Waals surface area (Å²) in [5.74, 6) is 0.674. The fraction of sp³-hybridized carbons (Fsp3) is 0.769. The minimum absolute atomic E-state index is 0.00529. The van der Waals surface area contributed by atoms with Gasteiger partial charge in [-0.05, 0) is 32.6 Å². The monoisotopic (exact) mass is 223 g/mol. The summed E-state index contributed by atoms with van der Waals surface area (Å²) in [7, 11) is 0. The zero-order valence-corrected chi connectivity index (χ0v) is 11.5. The van der Waals surface area contributed by atoms with Crippen molar-refractivity contribution >= 4 is 5.82 Å². The third-order valence-electron chi connectivity index (χ3n) is 3.03. The van der Waals surface area contributed by atoms with Crippen molar-refractivity contribution in [1.82, 2.24) is 9.78 Å². The van der Waals surface area contributed by atoms with Crippen molar-refractivity contribution in [3.8, 4) is 0 Å². The summed E-state index contributed by atoms with van der Waals surface area (Å²) >= 11 is 0. The van der Waals surface area contributed by atoms with E-state index in [0.29, 0.717) is 5.82 Å². The first-order valence-electron chi connectivity index (χ1n) is 6.04. The summed E-state index contributed by atoms with van der Waals surface area (Å²) in [6.45, 7) is 13.1. The van der Waals surface area contributed by atoms with E-state index in [9.17, 15) is 0 Å². The summed E-state index contributed by atoms with van der Waals surface area (Å²) in [5.41, 5.74) is 7.30. The first-order valence-corrected chi connectivity index (χ1v) is 6.04. The molecule has 1 heterocycles. The smallest absolute Gasteiger partial charge is 0.149 e. The van der Waals surface area contributed by atoms with E-state index in [1.54, 1.807) is 0 Å². The Morgan fingerprint density at radius 3 is 2.19 bits per heavy atom. The van der Waals surface area contributed by atoms with Crippen LogP contribution in [0.5, 0.6) is 0 Å². The van der Waals surface area contributed by atoms with E-state index in [-0.39, 0.29) is 11.0 Å². The van der Waals surface area contributed by atoms with Gasteiger partial charge in [-0.3, -0.25) is 4.68 Å². The topological polar surface area (TPSA) is 43.8 Å². The van der Waals surface area contributed by atoms with E-state index in [4.69, 9.17) is 5.73 Å². The molecule has 2 N–H and O–H groups in total. The van der Waals surface area contributed by atoms with Crippen molar-refractivity contribution in [1.29, 1.82) is 0 Å². The molecule has 3 nitrogen and oxygen atoms in total. The summed E-state index contributed by atoms with van der Waals surface area (Å²) in [6.07, 6.45) is 4.39. The average Bonchev–Trinajstić information content (AvgIpc) is 2.46. The molecule has 0 aliphatic carbocycles. The van der Waals surface area contributed by atoms with E-state index in [0.717, 1.165) is 12.8 Å². The van der Waals surface area contributed by atoms with Crippen LogP contribution in [0.2, 0.25) is 0 Å². The van der Waals surface area contributed by atoms with Crippen molar-refractivity contribution in [3.63, 3.8) is 0 Å². The van der Waals surface area contributed by atoms with Crippen molar-refractivity contribution in [3.05, 3.63) is 11.8 Å². The number of nitrogen functional groups attached to an aromatic ring is 1. The van der Waals surface area contributed by atoms with E-state index in [2.05, 4.69) is 52.8 Å². The van der Waals surface area contributed by atoms with Gasteiger partial charge in [-0.25, -0.2) is 0 Å². The SMILES string of the molecule is CCCC(C)(C)c1cn(C(C)(C)C)nc1N. The number of rotatable bonds is 3. The van der Waals surface area contributed by atoms with Crippen LogP contribution in [0.4, 0.5) is 5.82 Å². The Labute approximate surface area is 99.0 Å². The highest BCUT2D eigenvalue weighted by atomic mass is 15.3. The van der Waals surface area contributed by atoms with Crippen LogP contribution in [0.3, 0.4) is 0 Å². The standard InChI is InChI=1S/C13H25N3/c1-7-8-13(5,6)10-9-16(12(2,3)4)15-11(10)14/h9H,7-8H2,1-6H3,(H2,14,15). The molecule has 0 aliphatic heterocycles. The van der Waals surface area contributed by atoms with Gasteiger partial charge in [-0.15, -0.1) is 0 Å². The molecular weight excluding hydrogens is 198 g/mol. The second-order valence-electron chi connectivity index (χ2n) is 6.18. The highest BCUT2D eigenvalue weighted by Crippen LogP contribution is 2.33.